The van der Waals surface area contributed by atoms with Crippen LogP contribution in [0.3, 0.4) is 0 Å². The SMILES string of the molecule is CN(C(=O)[C@@H]1CCCN1c1cccc(C(F)(F)F)n1)c1ccc(F)cc1. The van der Waals surface area contributed by atoms with Crippen molar-refractivity contribution in [2.24, 2.45) is 0 Å². The molecular weight excluding hydrogens is 350 g/mol. The maximum absolute atomic E-state index is 13.1. The summed E-state index contributed by atoms with van der Waals surface area (Å²) in [6.07, 6.45) is -3.35. The molecule has 1 aromatic carbocycles. The highest BCUT2D eigenvalue weighted by atomic mass is 19.4. The Labute approximate surface area is 148 Å². The molecule has 0 saturated carbocycles. The summed E-state index contributed by atoms with van der Waals surface area (Å²) in [6.45, 7) is 0.446. The average molecular weight is 367 g/mol. The molecule has 1 saturated heterocycles. The van der Waals surface area contributed by atoms with Crippen molar-refractivity contribution in [2.75, 3.05) is 23.4 Å². The summed E-state index contributed by atoms with van der Waals surface area (Å²) in [5.74, 6) is -0.554. The second-order valence-corrected chi connectivity index (χ2v) is 6.10. The topological polar surface area (TPSA) is 36.4 Å². The number of hydrogen-bond acceptors (Lipinski definition) is 3. The lowest BCUT2D eigenvalue weighted by Gasteiger charge is -2.29. The molecule has 8 heteroatoms. The second-order valence-electron chi connectivity index (χ2n) is 6.10. The summed E-state index contributed by atoms with van der Waals surface area (Å²) in [5.41, 5.74) is -0.472. The van der Waals surface area contributed by atoms with Gasteiger partial charge < -0.3 is 9.80 Å². The van der Waals surface area contributed by atoms with E-state index in [2.05, 4.69) is 4.98 Å². The van der Waals surface area contributed by atoms with Crippen molar-refractivity contribution in [1.29, 1.82) is 0 Å². The molecule has 0 bridgehead atoms. The number of nitrogens with zero attached hydrogens (tertiary/aromatic N) is 3. The molecule has 1 aliphatic heterocycles. The molecule has 1 aromatic heterocycles. The van der Waals surface area contributed by atoms with Crippen molar-refractivity contribution in [2.45, 2.75) is 25.1 Å². The van der Waals surface area contributed by atoms with Gasteiger partial charge in [-0.3, -0.25) is 4.79 Å². The molecule has 0 unspecified atom stereocenters. The van der Waals surface area contributed by atoms with E-state index in [4.69, 9.17) is 0 Å². The predicted molar refractivity (Wildman–Crippen MR) is 89.4 cm³/mol. The molecule has 0 aliphatic carbocycles. The third kappa shape index (κ3) is 3.63. The molecule has 1 fully saturated rings. The number of aromatic nitrogens is 1. The lowest BCUT2D eigenvalue weighted by atomic mass is 10.1. The molecule has 1 amide bonds. The third-order valence-electron chi connectivity index (χ3n) is 4.40. The van der Waals surface area contributed by atoms with Crippen molar-refractivity contribution in [1.82, 2.24) is 4.98 Å². The largest absolute Gasteiger partial charge is 0.433 e. The Morgan fingerprint density at radius 3 is 2.54 bits per heavy atom. The molecule has 26 heavy (non-hydrogen) atoms. The Balaban J connectivity index is 1.84. The van der Waals surface area contributed by atoms with Crippen LogP contribution >= 0.6 is 0 Å². The van der Waals surface area contributed by atoms with E-state index in [-0.39, 0.29) is 11.7 Å². The molecule has 1 atom stereocenters. The van der Waals surface area contributed by atoms with E-state index in [1.54, 1.807) is 11.9 Å². The quantitative estimate of drug-likeness (QED) is 0.773. The van der Waals surface area contributed by atoms with Gasteiger partial charge in [-0.25, -0.2) is 9.37 Å². The predicted octanol–water partition coefficient (Wildman–Crippen LogP) is 3.87. The average Bonchev–Trinajstić information content (AvgIpc) is 3.10. The first-order valence-electron chi connectivity index (χ1n) is 8.11. The first kappa shape index (κ1) is 18.2. The van der Waals surface area contributed by atoms with Gasteiger partial charge in [-0.15, -0.1) is 0 Å². The van der Waals surface area contributed by atoms with Gasteiger partial charge in [0.2, 0.25) is 5.91 Å². The summed E-state index contributed by atoms with van der Waals surface area (Å²) in [7, 11) is 1.56. The number of rotatable bonds is 3. The van der Waals surface area contributed by atoms with Gasteiger partial charge in [0.15, 0.2) is 0 Å². The number of likely N-dealkylation sites (N-methyl/N-ethyl adjacent to an activating group) is 1. The molecule has 3 rings (SSSR count). The van der Waals surface area contributed by atoms with Crippen LogP contribution in [-0.4, -0.2) is 30.5 Å². The number of alkyl halides is 3. The zero-order valence-corrected chi connectivity index (χ0v) is 14.0. The van der Waals surface area contributed by atoms with Crippen LogP contribution in [0.25, 0.3) is 0 Å². The van der Waals surface area contributed by atoms with Crippen LogP contribution in [0, 0.1) is 5.82 Å². The summed E-state index contributed by atoms with van der Waals surface area (Å²) in [6, 6.07) is 8.51. The summed E-state index contributed by atoms with van der Waals surface area (Å²) in [4.78, 5) is 19.5. The van der Waals surface area contributed by atoms with Gasteiger partial charge in [0.05, 0.1) is 0 Å². The molecule has 2 heterocycles. The van der Waals surface area contributed by atoms with Gasteiger partial charge in [-0.05, 0) is 49.2 Å². The van der Waals surface area contributed by atoms with Gasteiger partial charge in [-0.1, -0.05) is 6.07 Å². The van der Waals surface area contributed by atoms with Gasteiger partial charge in [-0.2, -0.15) is 13.2 Å². The fourth-order valence-electron chi connectivity index (χ4n) is 3.05. The standard InChI is InChI=1S/C18H17F4N3O/c1-24(13-9-7-12(19)8-10-13)17(26)14-4-3-11-25(14)16-6-2-5-15(23-16)18(20,21)22/h2,5-10,14H,3-4,11H2,1H3/t14-/m0/s1. The smallest absolute Gasteiger partial charge is 0.345 e. The van der Waals surface area contributed by atoms with Crippen LogP contribution in [-0.2, 0) is 11.0 Å². The highest BCUT2D eigenvalue weighted by molar-refractivity contribution is 5.98. The number of pyridine rings is 1. The Morgan fingerprint density at radius 1 is 1.19 bits per heavy atom. The molecule has 138 valence electrons. The minimum Gasteiger partial charge on any atom is -0.345 e. The number of carbonyl (C=O) groups excluding carboxylic acids is 1. The van der Waals surface area contributed by atoms with Crippen LogP contribution < -0.4 is 9.80 Å². The Hall–Kier alpha value is -2.64. The molecule has 4 nitrogen and oxygen atoms in total. The van der Waals surface area contributed by atoms with E-state index in [0.29, 0.717) is 25.1 Å². The lowest BCUT2D eigenvalue weighted by molar-refractivity contribution is -0.141. The minimum atomic E-state index is -4.54. The van der Waals surface area contributed by atoms with Crippen LogP contribution in [0.5, 0.6) is 0 Å². The van der Waals surface area contributed by atoms with Gasteiger partial charge >= 0.3 is 6.18 Å². The first-order valence-corrected chi connectivity index (χ1v) is 8.11. The minimum absolute atomic E-state index is 0.128. The second kappa shape index (κ2) is 6.93. The zero-order chi connectivity index (χ0) is 18.9. The van der Waals surface area contributed by atoms with E-state index in [9.17, 15) is 22.4 Å². The fraction of sp³-hybridized carbons (Fsp3) is 0.333. The van der Waals surface area contributed by atoms with E-state index < -0.39 is 23.7 Å². The highest BCUT2D eigenvalue weighted by Crippen LogP contribution is 2.31. The van der Waals surface area contributed by atoms with Crippen LogP contribution in [0.15, 0.2) is 42.5 Å². The van der Waals surface area contributed by atoms with Crippen molar-refractivity contribution in [3.8, 4) is 0 Å². The van der Waals surface area contributed by atoms with E-state index in [1.807, 2.05) is 0 Å². The zero-order valence-electron chi connectivity index (χ0n) is 14.0. The van der Waals surface area contributed by atoms with Crippen molar-refractivity contribution in [3.63, 3.8) is 0 Å². The normalized spacial score (nSPS) is 17.4. The first-order chi connectivity index (χ1) is 12.3. The molecule has 2 aromatic rings. The highest BCUT2D eigenvalue weighted by Gasteiger charge is 2.36. The number of halogens is 4. The number of benzene rings is 1. The van der Waals surface area contributed by atoms with Crippen molar-refractivity contribution in [3.05, 3.63) is 54.0 Å². The summed E-state index contributed by atoms with van der Waals surface area (Å²) in [5, 5.41) is 0. The lowest BCUT2D eigenvalue weighted by Crippen LogP contribution is -2.44. The van der Waals surface area contributed by atoms with Crippen molar-refractivity contribution < 1.29 is 22.4 Å². The number of carbonyl (C=O) groups is 1. The van der Waals surface area contributed by atoms with Crippen LogP contribution in [0.4, 0.5) is 29.1 Å². The molecule has 1 aliphatic rings. The number of anilines is 2. The molecular formula is C18H17F4N3O. The fourth-order valence-corrected chi connectivity index (χ4v) is 3.05. The molecule has 0 spiro atoms. The number of hydrogen-bond donors (Lipinski definition) is 0. The Bertz CT molecular complexity index is 792. The Morgan fingerprint density at radius 2 is 1.88 bits per heavy atom. The van der Waals surface area contributed by atoms with Gasteiger partial charge in [0.1, 0.15) is 23.4 Å². The monoisotopic (exact) mass is 367 g/mol. The van der Waals surface area contributed by atoms with E-state index in [1.165, 1.54) is 41.3 Å². The van der Waals surface area contributed by atoms with Crippen LogP contribution in [0.2, 0.25) is 0 Å². The van der Waals surface area contributed by atoms with Crippen molar-refractivity contribution >= 4 is 17.4 Å². The summed E-state index contributed by atoms with van der Waals surface area (Å²) >= 11 is 0. The summed E-state index contributed by atoms with van der Waals surface area (Å²) < 4.78 is 51.8. The van der Waals surface area contributed by atoms with Gasteiger partial charge in [0.25, 0.3) is 0 Å². The molecule has 0 radical (unpaired) electrons. The maximum Gasteiger partial charge on any atom is 0.433 e. The maximum atomic E-state index is 13.1. The Kier molecular flexibility index (Phi) is 4.84. The van der Waals surface area contributed by atoms with E-state index in [0.717, 1.165) is 6.07 Å². The number of amides is 1. The van der Waals surface area contributed by atoms with Gasteiger partial charge in [0, 0.05) is 19.3 Å². The molecule has 0 N–H and O–H groups in total. The van der Waals surface area contributed by atoms with E-state index >= 15 is 0 Å². The third-order valence-corrected chi connectivity index (χ3v) is 4.40. The van der Waals surface area contributed by atoms with Crippen LogP contribution in [0.1, 0.15) is 18.5 Å².